The summed E-state index contributed by atoms with van der Waals surface area (Å²) >= 11 is 7.86. The number of carbonyl (C=O) groups excluding carboxylic acids is 2. The first kappa shape index (κ1) is 16.5. The number of rotatable bonds is 5. The van der Waals surface area contributed by atoms with Crippen molar-refractivity contribution in [2.24, 2.45) is 5.73 Å². The zero-order chi connectivity index (χ0) is 16.1. The molecule has 2 rings (SSSR count). The highest BCUT2D eigenvalue weighted by atomic mass is 127. The Kier molecular flexibility index (Phi) is 5.56. The fourth-order valence-electron chi connectivity index (χ4n) is 1.59. The average molecular weight is 432 g/mol. The molecule has 6 nitrogen and oxygen atoms in total. The van der Waals surface area contributed by atoms with Crippen molar-refractivity contribution in [3.8, 4) is 5.75 Å². The van der Waals surface area contributed by atoms with Crippen molar-refractivity contribution < 1.29 is 14.3 Å². The van der Waals surface area contributed by atoms with Gasteiger partial charge in [-0.3, -0.25) is 9.59 Å². The van der Waals surface area contributed by atoms with Gasteiger partial charge >= 0.3 is 0 Å². The van der Waals surface area contributed by atoms with Crippen LogP contribution in [0.2, 0.25) is 5.15 Å². The number of benzene rings is 1. The third-order valence-corrected chi connectivity index (χ3v) is 3.48. The molecule has 0 aliphatic carbocycles. The number of nitrogens with one attached hydrogen (secondary N) is 1. The lowest BCUT2D eigenvalue weighted by Gasteiger charge is -2.09. The SMILES string of the molecule is NC(=O)c1nc(Cl)ccc1NC(=O)COc1ccc(I)cc1. The molecule has 3 N–H and O–H groups in total. The van der Waals surface area contributed by atoms with E-state index in [9.17, 15) is 9.59 Å². The summed E-state index contributed by atoms with van der Waals surface area (Å²) in [7, 11) is 0. The van der Waals surface area contributed by atoms with Crippen LogP contribution in [0.1, 0.15) is 10.5 Å². The molecule has 0 saturated carbocycles. The summed E-state index contributed by atoms with van der Waals surface area (Å²) in [4.78, 5) is 26.9. The zero-order valence-electron chi connectivity index (χ0n) is 11.2. The number of carbonyl (C=O) groups is 2. The number of halogens is 2. The molecule has 2 amide bonds. The van der Waals surface area contributed by atoms with Crippen LogP contribution in [0, 0.1) is 3.57 Å². The van der Waals surface area contributed by atoms with Crippen molar-refractivity contribution >= 4 is 51.7 Å². The molecule has 1 aromatic carbocycles. The Morgan fingerprint density at radius 1 is 1.23 bits per heavy atom. The van der Waals surface area contributed by atoms with Crippen molar-refractivity contribution in [3.05, 3.63) is 50.8 Å². The van der Waals surface area contributed by atoms with Gasteiger partial charge in [-0.15, -0.1) is 0 Å². The molecule has 0 unspecified atom stereocenters. The topological polar surface area (TPSA) is 94.3 Å². The maximum absolute atomic E-state index is 11.9. The predicted octanol–water partition coefficient (Wildman–Crippen LogP) is 2.46. The summed E-state index contributed by atoms with van der Waals surface area (Å²) in [5.41, 5.74) is 5.28. The van der Waals surface area contributed by atoms with Gasteiger partial charge in [-0.2, -0.15) is 0 Å². The lowest BCUT2D eigenvalue weighted by molar-refractivity contribution is -0.118. The highest BCUT2D eigenvalue weighted by Crippen LogP contribution is 2.17. The quantitative estimate of drug-likeness (QED) is 0.562. The molecule has 0 spiro atoms. The second-order valence-electron chi connectivity index (χ2n) is 4.19. The van der Waals surface area contributed by atoms with Crippen molar-refractivity contribution in [2.45, 2.75) is 0 Å². The molecule has 0 aliphatic heterocycles. The molecule has 0 atom stereocenters. The Morgan fingerprint density at radius 2 is 1.91 bits per heavy atom. The number of hydrogen-bond donors (Lipinski definition) is 2. The van der Waals surface area contributed by atoms with Crippen LogP contribution in [0.15, 0.2) is 36.4 Å². The van der Waals surface area contributed by atoms with Crippen LogP contribution >= 0.6 is 34.2 Å². The van der Waals surface area contributed by atoms with E-state index < -0.39 is 11.8 Å². The van der Waals surface area contributed by atoms with E-state index in [-0.39, 0.29) is 23.1 Å². The van der Waals surface area contributed by atoms with Gasteiger partial charge in [0.25, 0.3) is 11.8 Å². The molecule has 0 saturated heterocycles. The molecule has 114 valence electrons. The third kappa shape index (κ3) is 4.57. The standard InChI is InChI=1S/C14H11ClIN3O3/c15-11-6-5-10(13(19-11)14(17)21)18-12(20)7-22-9-3-1-8(16)2-4-9/h1-6H,7H2,(H2,17,21)(H,18,20). The maximum atomic E-state index is 11.9. The van der Waals surface area contributed by atoms with Gasteiger partial charge in [0.1, 0.15) is 10.9 Å². The zero-order valence-corrected chi connectivity index (χ0v) is 14.1. The van der Waals surface area contributed by atoms with Gasteiger partial charge in [0.15, 0.2) is 12.3 Å². The Balaban J connectivity index is 2.00. The Bertz CT molecular complexity index is 707. The van der Waals surface area contributed by atoms with E-state index in [1.165, 1.54) is 12.1 Å². The number of nitrogens with two attached hydrogens (primary N) is 1. The highest BCUT2D eigenvalue weighted by Gasteiger charge is 2.13. The number of anilines is 1. The van der Waals surface area contributed by atoms with Crippen molar-refractivity contribution in [2.75, 3.05) is 11.9 Å². The minimum absolute atomic E-state index is 0.102. The summed E-state index contributed by atoms with van der Waals surface area (Å²) < 4.78 is 6.40. The minimum Gasteiger partial charge on any atom is -0.484 e. The first-order chi connectivity index (χ1) is 10.5. The van der Waals surface area contributed by atoms with Gasteiger partial charge in [-0.05, 0) is 59.0 Å². The molecular formula is C14H11ClIN3O3. The molecular weight excluding hydrogens is 421 g/mol. The van der Waals surface area contributed by atoms with Gasteiger partial charge in [-0.1, -0.05) is 11.6 Å². The summed E-state index contributed by atoms with van der Waals surface area (Å²) in [6.45, 7) is -0.207. The predicted molar refractivity (Wildman–Crippen MR) is 91.0 cm³/mol. The number of pyridine rings is 1. The lowest BCUT2D eigenvalue weighted by Crippen LogP contribution is -2.23. The van der Waals surface area contributed by atoms with E-state index in [1.54, 1.807) is 12.1 Å². The first-order valence-electron chi connectivity index (χ1n) is 6.10. The van der Waals surface area contributed by atoms with Crippen LogP contribution in [-0.4, -0.2) is 23.4 Å². The van der Waals surface area contributed by atoms with E-state index in [0.717, 1.165) is 3.57 Å². The van der Waals surface area contributed by atoms with E-state index in [4.69, 9.17) is 22.1 Å². The van der Waals surface area contributed by atoms with Gasteiger partial charge < -0.3 is 15.8 Å². The fraction of sp³-hybridized carbons (Fsp3) is 0.0714. The van der Waals surface area contributed by atoms with E-state index in [1.807, 2.05) is 12.1 Å². The maximum Gasteiger partial charge on any atom is 0.269 e. The van der Waals surface area contributed by atoms with Gasteiger partial charge in [0.2, 0.25) is 0 Å². The number of nitrogens with zero attached hydrogens (tertiary/aromatic N) is 1. The van der Waals surface area contributed by atoms with Crippen molar-refractivity contribution in [3.63, 3.8) is 0 Å². The largest absolute Gasteiger partial charge is 0.484 e. The number of ether oxygens (including phenoxy) is 1. The fourth-order valence-corrected chi connectivity index (χ4v) is 2.10. The number of aromatic nitrogens is 1. The smallest absolute Gasteiger partial charge is 0.269 e. The molecule has 0 bridgehead atoms. The van der Waals surface area contributed by atoms with Crippen LogP contribution < -0.4 is 15.8 Å². The molecule has 2 aromatic rings. The van der Waals surface area contributed by atoms with Crippen LogP contribution in [0.25, 0.3) is 0 Å². The normalized spacial score (nSPS) is 10.1. The Morgan fingerprint density at radius 3 is 2.55 bits per heavy atom. The molecule has 1 heterocycles. The highest BCUT2D eigenvalue weighted by molar-refractivity contribution is 14.1. The number of amides is 2. The monoisotopic (exact) mass is 431 g/mol. The molecule has 0 fully saturated rings. The Labute approximate surface area is 145 Å². The number of primary amides is 1. The molecule has 0 aliphatic rings. The summed E-state index contributed by atoms with van der Waals surface area (Å²) in [6.07, 6.45) is 0. The van der Waals surface area contributed by atoms with E-state index in [0.29, 0.717) is 5.75 Å². The second kappa shape index (κ2) is 7.41. The molecule has 0 radical (unpaired) electrons. The molecule has 22 heavy (non-hydrogen) atoms. The minimum atomic E-state index is -0.781. The van der Waals surface area contributed by atoms with E-state index in [2.05, 4.69) is 32.9 Å². The first-order valence-corrected chi connectivity index (χ1v) is 7.56. The van der Waals surface area contributed by atoms with Gasteiger partial charge in [0.05, 0.1) is 5.69 Å². The number of hydrogen-bond acceptors (Lipinski definition) is 4. The van der Waals surface area contributed by atoms with Crippen molar-refractivity contribution in [1.29, 1.82) is 0 Å². The summed E-state index contributed by atoms with van der Waals surface area (Å²) in [6, 6.07) is 10.1. The van der Waals surface area contributed by atoms with Crippen molar-refractivity contribution in [1.82, 2.24) is 4.98 Å². The van der Waals surface area contributed by atoms with Crippen LogP contribution in [0.5, 0.6) is 5.75 Å². The average Bonchev–Trinajstić information content (AvgIpc) is 2.48. The molecule has 1 aromatic heterocycles. The van der Waals surface area contributed by atoms with Gasteiger partial charge in [0, 0.05) is 3.57 Å². The molecule has 8 heteroatoms. The Hall–Kier alpha value is -1.87. The summed E-state index contributed by atoms with van der Waals surface area (Å²) in [5.74, 6) is -0.651. The van der Waals surface area contributed by atoms with Crippen LogP contribution in [0.4, 0.5) is 5.69 Å². The second-order valence-corrected chi connectivity index (χ2v) is 5.82. The summed E-state index contributed by atoms with van der Waals surface area (Å²) in [5, 5.41) is 2.63. The van der Waals surface area contributed by atoms with E-state index >= 15 is 0 Å². The van der Waals surface area contributed by atoms with Crippen LogP contribution in [0.3, 0.4) is 0 Å². The van der Waals surface area contributed by atoms with Crippen LogP contribution in [-0.2, 0) is 4.79 Å². The lowest BCUT2D eigenvalue weighted by atomic mass is 10.3. The third-order valence-electron chi connectivity index (χ3n) is 2.55. The van der Waals surface area contributed by atoms with Gasteiger partial charge in [-0.25, -0.2) is 4.98 Å².